The minimum atomic E-state index is -0.630. The molecule has 2 N–H and O–H groups in total. The van der Waals surface area contributed by atoms with Crippen LogP contribution in [0.25, 0.3) is 0 Å². The van der Waals surface area contributed by atoms with Crippen molar-refractivity contribution in [1.29, 1.82) is 0 Å². The second-order valence-electron chi connectivity index (χ2n) is 6.04. The van der Waals surface area contributed by atoms with Gasteiger partial charge in [0.05, 0.1) is 18.8 Å². The first-order valence-electron chi connectivity index (χ1n) is 6.58. The Morgan fingerprint density at radius 2 is 2.06 bits per heavy atom. The van der Waals surface area contributed by atoms with E-state index in [2.05, 4.69) is 5.32 Å². The van der Waals surface area contributed by atoms with E-state index in [1.165, 1.54) is 0 Å². The number of hydrogen-bond acceptors (Lipinski definition) is 6. The van der Waals surface area contributed by atoms with Crippen LogP contribution in [0.2, 0.25) is 0 Å². The lowest BCUT2D eigenvalue weighted by Gasteiger charge is -2.50. The average molecular weight is 257 g/mol. The average Bonchev–Trinajstić information content (AvgIpc) is 2.75. The van der Waals surface area contributed by atoms with Crippen molar-refractivity contribution in [3.05, 3.63) is 0 Å². The normalized spacial score (nSPS) is 57.2. The van der Waals surface area contributed by atoms with Gasteiger partial charge in [0.1, 0.15) is 17.8 Å². The van der Waals surface area contributed by atoms with Gasteiger partial charge >= 0.3 is 0 Å². The molecule has 2 bridgehead atoms. The molecule has 0 amide bonds. The van der Waals surface area contributed by atoms with E-state index in [1.54, 1.807) is 0 Å². The summed E-state index contributed by atoms with van der Waals surface area (Å²) < 4.78 is 23.7. The molecular weight excluding hydrogens is 238 g/mol. The zero-order chi connectivity index (χ0) is 12.5. The Kier molecular flexibility index (Phi) is 2.22. The number of aliphatic hydroxyl groups excluding tert-OH is 1. The Bertz CT molecular complexity index is 375. The maximum absolute atomic E-state index is 9.98. The zero-order valence-electron chi connectivity index (χ0n) is 10.6. The number of hydrogen-bond donors (Lipinski definition) is 2. The first-order valence-corrected chi connectivity index (χ1v) is 6.58. The smallest absolute Gasteiger partial charge is 0.190 e. The van der Waals surface area contributed by atoms with E-state index in [4.69, 9.17) is 18.9 Å². The molecule has 4 fully saturated rings. The van der Waals surface area contributed by atoms with Gasteiger partial charge in [-0.3, -0.25) is 0 Å². The highest BCUT2D eigenvalue weighted by Crippen LogP contribution is 2.50. The van der Waals surface area contributed by atoms with E-state index < -0.39 is 23.8 Å². The molecule has 4 aliphatic rings. The van der Waals surface area contributed by atoms with E-state index in [0.29, 0.717) is 6.61 Å². The Labute approximate surface area is 106 Å². The topological polar surface area (TPSA) is 69.2 Å². The highest BCUT2D eigenvalue weighted by Gasteiger charge is 2.69. The van der Waals surface area contributed by atoms with Crippen molar-refractivity contribution in [2.24, 2.45) is 0 Å². The predicted molar refractivity (Wildman–Crippen MR) is 59.8 cm³/mol. The van der Waals surface area contributed by atoms with Gasteiger partial charge in [0.15, 0.2) is 12.1 Å². The molecule has 4 aliphatic heterocycles. The number of piperidine rings is 1. The summed E-state index contributed by atoms with van der Waals surface area (Å²) in [6, 6.07) is -0.0894. The van der Waals surface area contributed by atoms with Gasteiger partial charge in [-0.2, -0.15) is 0 Å². The van der Waals surface area contributed by atoms with Gasteiger partial charge in [-0.05, 0) is 26.8 Å². The van der Waals surface area contributed by atoms with Crippen LogP contribution in [-0.2, 0) is 18.9 Å². The minimum absolute atomic E-state index is 0.0894. The van der Waals surface area contributed by atoms with Crippen molar-refractivity contribution in [3.63, 3.8) is 0 Å². The number of rotatable bonds is 0. The van der Waals surface area contributed by atoms with Crippen LogP contribution in [0.15, 0.2) is 0 Å². The monoisotopic (exact) mass is 257 g/mol. The van der Waals surface area contributed by atoms with Gasteiger partial charge in [0.25, 0.3) is 0 Å². The highest BCUT2D eigenvalue weighted by molar-refractivity contribution is 5.15. The molecule has 0 aromatic rings. The van der Waals surface area contributed by atoms with Crippen LogP contribution in [0.1, 0.15) is 20.3 Å². The molecule has 6 heteroatoms. The lowest BCUT2D eigenvalue weighted by Crippen LogP contribution is -2.70. The summed E-state index contributed by atoms with van der Waals surface area (Å²) in [5.74, 6) is -0.630. The zero-order valence-corrected chi connectivity index (χ0v) is 10.6. The Morgan fingerprint density at radius 3 is 2.89 bits per heavy atom. The number of aliphatic hydroxyl groups is 1. The van der Waals surface area contributed by atoms with Gasteiger partial charge in [0, 0.05) is 0 Å². The number of nitrogens with one attached hydrogen (secondary N) is 1. The van der Waals surface area contributed by atoms with Gasteiger partial charge in [-0.15, -0.1) is 0 Å². The molecule has 102 valence electrons. The molecule has 6 nitrogen and oxygen atoms in total. The van der Waals surface area contributed by atoms with Gasteiger partial charge in [-0.1, -0.05) is 0 Å². The summed E-state index contributed by atoms with van der Waals surface area (Å²) in [4.78, 5) is 0. The fourth-order valence-corrected chi connectivity index (χ4v) is 3.71. The molecule has 4 saturated heterocycles. The van der Waals surface area contributed by atoms with Gasteiger partial charge in [-0.25, -0.2) is 0 Å². The molecule has 0 spiro atoms. The van der Waals surface area contributed by atoms with Gasteiger partial charge < -0.3 is 29.4 Å². The maximum Gasteiger partial charge on any atom is 0.190 e. The Hall–Kier alpha value is -0.240. The Morgan fingerprint density at radius 1 is 1.22 bits per heavy atom. The van der Waals surface area contributed by atoms with Crippen molar-refractivity contribution < 1.29 is 24.1 Å². The molecule has 4 heterocycles. The van der Waals surface area contributed by atoms with Crippen molar-refractivity contribution >= 4 is 0 Å². The van der Waals surface area contributed by atoms with Crippen molar-refractivity contribution in [2.45, 2.75) is 62.3 Å². The van der Waals surface area contributed by atoms with E-state index >= 15 is 0 Å². The Balaban J connectivity index is 1.70. The molecule has 0 aromatic carbocycles. The summed E-state index contributed by atoms with van der Waals surface area (Å²) in [5, 5.41) is 13.3. The third kappa shape index (κ3) is 1.33. The van der Waals surface area contributed by atoms with Crippen LogP contribution in [0, 0.1) is 0 Å². The summed E-state index contributed by atoms with van der Waals surface area (Å²) in [6.45, 7) is 4.90. The molecule has 18 heavy (non-hydrogen) atoms. The van der Waals surface area contributed by atoms with Crippen LogP contribution in [0.3, 0.4) is 0 Å². The number of fused-ring (bicyclic) bond motifs is 1. The van der Waals surface area contributed by atoms with Crippen LogP contribution in [-0.4, -0.2) is 60.3 Å². The SMILES string of the molecule is CC1(C)O[C@H]2O[C@@H]3[C@@H]4NCC[C@]3(OC[C@@H]4O)[C@H]2O1. The van der Waals surface area contributed by atoms with Crippen LogP contribution in [0.4, 0.5) is 0 Å². The van der Waals surface area contributed by atoms with Crippen molar-refractivity contribution in [3.8, 4) is 0 Å². The molecule has 4 rings (SSSR count). The van der Waals surface area contributed by atoms with E-state index in [9.17, 15) is 5.11 Å². The highest BCUT2D eigenvalue weighted by atomic mass is 16.8. The predicted octanol–water partition coefficient (Wildman–Crippen LogP) is -0.645. The minimum Gasteiger partial charge on any atom is -0.389 e. The summed E-state index contributed by atoms with van der Waals surface area (Å²) in [6.07, 6.45) is -0.495. The van der Waals surface area contributed by atoms with Crippen molar-refractivity contribution in [1.82, 2.24) is 5.32 Å². The standard InChI is InChI=1S/C12H19NO5/c1-11(2)17-9-10(18-11)16-8-7-6(14)5-15-12(8,9)3-4-13-7/h6-10,13-14H,3-5H2,1-2H3/t6-,7+,8+,9-,10+,12+/m0/s1. The molecule has 0 aromatic heterocycles. The maximum atomic E-state index is 9.98. The van der Waals surface area contributed by atoms with Crippen LogP contribution >= 0.6 is 0 Å². The van der Waals surface area contributed by atoms with Gasteiger partial charge in [0.2, 0.25) is 0 Å². The van der Waals surface area contributed by atoms with Crippen molar-refractivity contribution in [2.75, 3.05) is 13.2 Å². The lowest BCUT2D eigenvalue weighted by atomic mass is 9.78. The summed E-state index contributed by atoms with van der Waals surface area (Å²) in [7, 11) is 0. The fraction of sp³-hybridized carbons (Fsp3) is 1.00. The molecule has 0 radical (unpaired) electrons. The second kappa shape index (κ2) is 3.45. The molecular formula is C12H19NO5. The lowest BCUT2D eigenvalue weighted by molar-refractivity contribution is -0.272. The molecule has 0 unspecified atom stereocenters. The van der Waals surface area contributed by atoms with Crippen LogP contribution < -0.4 is 5.32 Å². The first kappa shape index (κ1) is 11.6. The fourth-order valence-electron chi connectivity index (χ4n) is 3.71. The summed E-state index contributed by atoms with van der Waals surface area (Å²) >= 11 is 0. The third-order valence-electron chi connectivity index (χ3n) is 4.46. The number of ether oxygens (including phenoxy) is 4. The second-order valence-corrected chi connectivity index (χ2v) is 6.04. The van der Waals surface area contributed by atoms with E-state index in [-0.39, 0.29) is 18.2 Å². The largest absolute Gasteiger partial charge is 0.389 e. The quantitative estimate of drug-likeness (QED) is 0.601. The third-order valence-corrected chi connectivity index (χ3v) is 4.46. The van der Waals surface area contributed by atoms with Crippen LogP contribution in [0.5, 0.6) is 0 Å². The van der Waals surface area contributed by atoms with E-state index in [1.807, 2.05) is 13.8 Å². The molecule has 0 aliphatic carbocycles. The first-order chi connectivity index (χ1) is 8.52. The molecule has 0 saturated carbocycles. The summed E-state index contributed by atoms with van der Waals surface area (Å²) in [5.41, 5.74) is -0.465. The van der Waals surface area contributed by atoms with E-state index in [0.717, 1.165) is 13.0 Å². The molecule has 6 atom stereocenters.